The van der Waals surface area contributed by atoms with Crippen molar-refractivity contribution < 1.29 is 19.1 Å². The fraction of sp³-hybridized carbons (Fsp3) is 0.343. The number of fused-ring (bicyclic) bond motifs is 4. The van der Waals surface area contributed by atoms with Crippen LogP contribution in [-0.4, -0.2) is 46.9 Å². The van der Waals surface area contributed by atoms with Crippen molar-refractivity contribution in [3.05, 3.63) is 95.2 Å². The van der Waals surface area contributed by atoms with Crippen LogP contribution in [0.2, 0.25) is 0 Å². The summed E-state index contributed by atoms with van der Waals surface area (Å²) in [5, 5.41) is 4.12. The number of H-pyrrole nitrogens is 1. The van der Waals surface area contributed by atoms with Crippen LogP contribution in [0.15, 0.2) is 72.8 Å². The summed E-state index contributed by atoms with van der Waals surface area (Å²) in [5.41, 5.74) is 4.31. The molecule has 0 aliphatic carbocycles. The Morgan fingerprint density at radius 1 is 1.00 bits per heavy atom. The van der Waals surface area contributed by atoms with Gasteiger partial charge in [0.1, 0.15) is 17.8 Å². The van der Waals surface area contributed by atoms with Crippen molar-refractivity contribution in [1.82, 2.24) is 15.2 Å². The molecular formula is C35H38N4O4. The molecule has 1 aromatic heterocycles. The lowest BCUT2D eigenvalue weighted by molar-refractivity contribution is -0.120. The molecular weight excluding hydrogens is 540 g/mol. The maximum atomic E-state index is 14.4. The Kier molecular flexibility index (Phi) is 7.69. The second kappa shape index (κ2) is 11.6. The van der Waals surface area contributed by atoms with Crippen LogP contribution in [0.1, 0.15) is 73.3 Å². The number of nitrogens with zero attached hydrogens (tertiary/aromatic N) is 2. The molecule has 0 spiro atoms. The Morgan fingerprint density at radius 2 is 1.77 bits per heavy atom. The van der Waals surface area contributed by atoms with Crippen LogP contribution >= 0.6 is 0 Å². The van der Waals surface area contributed by atoms with E-state index in [0.717, 1.165) is 47.0 Å². The minimum atomic E-state index is -0.721. The van der Waals surface area contributed by atoms with E-state index in [-0.39, 0.29) is 17.9 Å². The number of benzene rings is 3. The van der Waals surface area contributed by atoms with Crippen LogP contribution in [0.4, 0.5) is 10.5 Å². The highest BCUT2D eigenvalue weighted by Gasteiger charge is 2.53. The number of methoxy groups -OCH3 is 1. The van der Waals surface area contributed by atoms with E-state index in [2.05, 4.69) is 24.1 Å². The largest absolute Gasteiger partial charge is 0.497 e. The number of hydrogen-bond acceptors (Lipinski definition) is 4. The van der Waals surface area contributed by atoms with E-state index in [4.69, 9.17) is 4.74 Å². The summed E-state index contributed by atoms with van der Waals surface area (Å²) in [6, 6.07) is 20.7. The van der Waals surface area contributed by atoms with Gasteiger partial charge in [-0.3, -0.25) is 14.5 Å². The van der Waals surface area contributed by atoms with Gasteiger partial charge < -0.3 is 15.0 Å². The van der Waals surface area contributed by atoms with Gasteiger partial charge in [0, 0.05) is 29.1 Å². The fourth-order valence-electron chi connectivity index (χ4n) is 6.52. The SMILES string of the molecule is COc1cccc(C2c3[nH]c4ccccc4c3C[C@H]3C(=O)N(c4ccccc4C(=O)NC(C)CCCC(C)C)C(=O)N23)c1. The van der Waals surface area contributed by atoms with Crippen LogP contribution in [0, 0.1) is 5.92 Å². The molecule has 0 radical (unpaired) electrons. The number of imide groups is 1. The van der Waals surface area contributed by atoms with Crippen molar-refractivity contribution in [3.63, 3.8) is 0 Å². The average molecular weight is 579 g/mol. The Balaban J connectivity index is 1.37. The van der Waals surface area contributed by atoms with E-state index in [1.807, 2.05) is 55.5 Å². The van der Waals surface area contributed by atoms with Gasteiger partial charge in [0.15, 0.2) is 0 Å². The van der Waals surface area contributed by atoms with Gasteiger partial charge in [0.2, 0.25) is 0 Å². The Hall–Kier alpha value is -4.59. The third-order valence-corrected chi connectivity index (χ3v) is 8.64. The van der Waals surface area contributed by atoms with Crippen LogP contribution in [-0.2, 0) is 11.2 Å². The van der Waals surface area contributed by atoms with Crippen molar-refractivity contribution in [2.24, 2.45) is 5.92 Å². The molecule has 2 aliphatic heterocycles. The predicted octanol–water partition coefficient (Wildman–Crippen LogP) is 6.60. The molecule has 43 heavy (non-hydrogen) atoms. The van der Waals surface area contributed by atoms with Crippen LogP contribution in [0.3, 0.4) is 0 Å². The molecule has 3 aromatic carbocycles. The summed E-state index contributed by atoms with van der Waals surface area (Å²) < 4.78 is 5.52. The molecule has 4 amide bonds. The summed E-state index contributed by atoms with van der Waals surface area (Å²) in [6.45, 7) is 6.37. The minimum absolute atomic E-state index is 0.0358. The molecule has 2 N–H and O–H groups in total. The van der Waals surface area contributed by atoms with E-state index < -0.39 is 18.1 Å². The summed E-state index contributed by atoms with van der Waals surface area (Å²) >= 11 is 0. The summed E-state index contributed by atoms with van der Waals surface area (Å²) in [7, 11) is 1.61. The van der Waals surface area contributed by atoms with Gasteiger partial charge in [-0.15, -0.1) is 0 Å². The van der Waals surface area contributed by atoms with Crippen molar-refractivity contribution in [2.75, 3.05) is 12.0 Å². The van der Waals surface area contributed by atoms with Crippen molar-refractivity contribution in [3.8, 4) is 5.75 Å². The van der Waals surface area contributed by atoms with Gasteiger partial charge in [-0.25, -0.2) is 9.69 Å². The number of aromatic nitrogens is 1. The third-order valence-electron chi connectivity index (χ3n) is 8.64. The van der Waals surface area contributed by atoms with Crippen LogP contribution < -0.4 is 15.0 Å². The predicted molar refractivity (Wildman–Crippen MR) is 167 cm³/mol. The number of para-hydroxylation sites is 2. The number of ether oxygens (including phenoxy) is 1. The van der Waals surface area contributed by atoms with Gasteiger partial charge in [0.05, 0.1) is 18.4 Å². The number of nitrogens with one attached hydrogen (secondary N) is 2. The molecule has 1 fully saturated rings. The quantitative estimate of drug-likeness (QED) is 0.219. The number of rotatable bonds is 9. The monoisotopic (exact) mass is 578 g/mol. The zero-order valence-corrected chi connectivity index (χ0v) is 25.1. The van der Waals surface area contributed by atoms with E-state index in [9.17, 15) is 14.4 Å². The molecule has 2 unspecified atom stereocenters. The molecule has 1 saturated heterocycles. The van der Waals surface area contributed by atoms with Crippen molar-refractivity contribution >= 4 is 34.4 Å². The van der Waals surface area contributed by atoms with Gasteiger partial charge in [0.25, 0.3) is 11.8 Å². The minimum Gasteiger partial charge on any atom is -0.497 e. The highest BCUT2D eigenvalue weighted by molar-refractivity contribution is 6.24. The first-order valence-corrected chi connectivity index (χ1v) is 15.1. The zero-order chi connectivity index (χ0) is 30.2. The van der Waals surface area contributed by atoms with Gasteiger partial charge >= 0.3 is 6.03 Å². The fourth-order valence-corrected chi connectivity index (χ4v) is 6.52. The lowest BCUT2D eigenvalue weighted by Crippen LogP contribution is -2.44. The van der Waals surface area contributed by atoms with Crippen molar-refractivity contribution in [2.45, 2.75) is 64.6 Å². The second-order valence-electron chi connectivity index (χ2n) is 12.0. The highest BCUT2D eigenvalue weighted by atomic mass is 16.5. The summed E-state index contributed by atoms with van der Waals surface area (Å²) in [5.74, 6) is 0.643. The van der Waals surface area contributed by atoms with E-state index in [1.165, 1.54) is 4.90 Å². The van der Waals surface area contributed by atoms with Crippen LogP contribution in [0.5, 0.6) is 5.75 Å². The zero-order valence-electron chi connectivity index (χ0n) is 25.1. The molecule has 4 aromatic rings. The second-order valence-corrected chi connectivity index (χ2v) is 12.0. The lowest BCUT2D eigenvalue weighted by atomic mass is 9.89. The maximum absolute atomic E-state index is 14.4. The van der Waals surface area contributed by atoms with E-state index in [1.54, 1.807) is 36.3 Å². The first-order chi connectivity index (χ1) is 20.8. The molecule has 0 saturated carbocycles. The highest BCUT2D eigenvalue weighted by Crippen LogP contribution is 2.45. The van der Waals surface area contributed by atoms with E-state index >= 15 is 0 Å². The molecule has 3 heterocycles. The third kappa shape index (κ3) is 5.15. The maximum Gasteiger partial charge on any atom is 0.332 e. The number of urea groups is 1. The lowest BCUT2D eigenvalue weighted by Gasteiger charge is -2.36. The molecule has 0 bridgehead atoms. The standard InChI is InChI=1S/C35H38N4O4/c1-21(2)11-9-12-22(3)36-33(40)26-16-6-8-18-29(26)39-34(41)30-20-27-25-15-5-7-17-28(25)37-31(27)32(38(30)35(39)42)23-13-10-14-24(19-23)43-4/h5-8,10,13-19,21-22,30,32,37H,9,11-12,20H2,1-4H3,(H,36,40)/t22?,30-,32?/m0/s1. The first kappa shape index (κ1) is 28.5. The van der Waals surface area contributed by atoms with E-state index in [0.29, 0.717) is 29.3 Å². The first-order valence-electron chi connectivity index (χ1n) is 15.1. The Morgan fingerprint density at radius 3 is 2.56 bits per heavy atom. The Labute approximate surface area is 252 Å². The molecule has 3 atom stereocenters. The number of hydrogen-bond donors (Lipinski definition) is 2. The normalized spacial score (nSPS) is 18.6. The number of carbonyl (C=O) groups is 3. The number of amides is 4. The average Bonchev–Trinajstić information content (AvgIpc) is 3.49. The number of anilines is 1. The van der Waals surface area contributed by atoms with Gasteiger partial charge in [-0.2, -0.15) is 0 Å². The smallest absolute Gasteiger partial charge is 0.332 e. The summed E-state index contributed by atoms with van der Waals surface area (Å²) in [4.78, 5) is 48.5. The molecule has 6 rings (SSSR count). The molecule has 222 valence electrons. The molecule has 2 aliphatic rings. The summed E-state index contributed by atoms with van der Waals surface area (Å²) in [6.07, 6.45) is 3.34. The van der Waals surface area contributed by atoms with Crippen LogP contribution in [0.25, 0.3) is 10.9 Å². The Bertz CT molecular complexity index is 1690. The van der Waals surface area contributed by atoms with Gasteiger partial charge in [-0.05, 0) is 60.7 Å². The number of aromatic amines is 1. The molecule has 8 nitrogen and oxygen atoms in total. The number of carbonyl (C=O) groups excluding carboxylic acids is 3. The van der Waals surface area contributed by atoms with Gasteiger partial charge in [-0.1, -0.05) is 69.2 Å². The molecule has 8 heteroatoms. The topological polar surface area (TPSA) is 94.7 Å². The van der Waals surface area contributed by atoms with Crippen molar-refractivity contribution in [1.29, 1.82) is 0 Å².